The van der Waals surface area contributed by atoms with Gasteiger partial charge in [0.25, 0.3) is 0 Å². The molecule has 0 bridgehead atoms. The topological polar surface area (TPSA) is 55.4 Å². The molecule has 0 aromatic heterocycles. The van der Waals surface area contributed by atoms with Gasteiger partial charge >= 0.3 is 6.61 Å². The molecule has 124 valence electrons. The van der Waals surface area contributed by atoms with Gasteiger partial charge in [-0.25, -0.2) is 13.1 Å². The maximum absolute atomic E-state index is 12.3. The van der Waals surface area contributed by atoms with Crippen molar-refractivity contribution < 1.29 is 21.9 Å². The molecule has 0 atom stereocenters. The molecule has 0 aliphatic heterocycles. The number of rotatable bonds is 6. The summed E-state index contributed by atoms with van der Waals surface area (Å²) in [4.78, 5) is 0.101. The van der Waals surface area contributed by atoms with E-state index in [0.717, 1.165) is 0 Å². The maximum Gasteiger partial charge on any atom is 0.387 e. The zero-order chi connectivity index (χ0) is 17.0. The Morgan fingerprint density at radius 1 is 1.09 bits per heavy atom. The maximum atomic E-state index is 12.3. The summed E-state index contributed by atoms with van der Waals surface area (Å²) in [6, 6.07) is 10.5. The lowest BCUT2D eigenvalue weighted by atomic mass is 10.2. The second-order valence-corrected chi connectivity index (χ2v) is 7.93. The molecule has 2 aromatic carbocycles. The number of benzene rings is 2. The van der Waals surface area contributed by atoms with Crippen molar-refractivity contribution in [2.75, 3.05) is 0 Å². The Morgan fingerprint density at radius 3 is 2.35 bits per heavy atom. The van der Waals surface area contributed by atoms with Crippen LogP contribution in [0.1, 0.15) is 5.56 Å². The molecule has 0 aliphatic rings. The van der Waals surface area contributed by atoms with E-state index >= 15 is 0 Å². The van der Waals surface area contributed by atoms with Gasteiger partial charge in [-0.15, -0.1) is 0 Å². The van der Waals surface area contributed by atoms with Crippen LogP contribution in [0, 0.1) is 0 Å². The van der Waals surface area contributed by atoms with Crippen molar-refractivity contribution in [3.63, 3.8) is 0 Å². The Balaban J connectivity index is 2.08. The van der Waals surface area contributed by atoms with E-state index in [1.165, 1.54) is 30.3 Å². The van der Waals surface area contributed by atoms with E-state index in [4.69, 9.17) is 0 Å². The van der Waals surface area contributed by atoms with Crippen LogP contribution in [0.25, 0.3) is 0 Å². The van der Waals surface area contributed by atoms with Crippen molar-refractivity contribution in [1.82, 2.24) is 4.72 Å². The summed E-state index contributed by atoms with van der Waals surface area (Å²) < 4.78 is 56.5. The summed E-state index contributed by atoms with van der Waals surface area (Å²) in [6.07, 6.45) is 0. The van der Waals surface area contributed by atoms with Crippen LogP contribution in [-0.4, -0.2) is 15.0 Å². The molecule has 2 aromatic rings. The highest BCUT2D eigenvalue weighted by molar-refractivity contribution is 9.11. The minimum Gasteiger partial charge on any atom is -0.435 e. The fraction of sp³-hybridized carbons (Fsp3) is 0.143. The summed E-state index contributed by atoms with van der Waals surface area (Å²) in [7, 11) is -3.72. The van der Waals surface area contributed by atoms with Crippen molar-refractivity contribution in [2.24, 2.45) is 0 Å². The first-order chi connectivity index (χ1) is 10.8. The molecular weight excluding hydrogens is 460 g/mol. The number of hydrogen-bond acceptors (Lipinski definition) is 3. The first-order valence-electron chi connectivity index (χ1n) is 6.26. The van der Waals surface area contributed by atoms with Crippen molar-refractivity contribution in [3.8, 4) is 5.75 Å². The lowest BCUT2D eigenvalue weighted by Crippen LogP contribution is -2.23. The minimum atomic E-state index is -3.72. The van der Waals surface area contributed by atoms with E-state index in [9.17, 15) is 17.2 Å². The van der Waals surface area contributed by atoms with Crippen LogP contribution in [0.5, 0.6) is 5.75 Å². The summed E-state index contributed by atoms with van der Waals surface area (Å²) in [5.41, 5.74) is 0.612. The molecule has 0 fully saturated rings. The van der Waals surface area contributed by atoms with Crippen LogP contribution < -0.4 is 9.46 Å². The van der Waals surface area contributed by atoms with Crippen LogP contribution in [0.4, 0.5) is 8.78 Å². The van der Waals surface area contributed by atoms with Gasteiger partial charge in [0.15, 0.2) is 0 Å². The van der Waals surface area contributed by atoms with Crippen molar-refractivity contribution in [2.45, 2.75) is 18.1 Å². The monoisotopic (exact) mass is 469 g/mol. The van der Waals surface area contributed by atoms with Gasteiger partial charge in [0, 0.05) is 15.5 Å². The van der Waals surface area contributed by atoms with Gasteiger partial charge in [0.05, 0.1) is 4.90 Å². The number of halogens is 4. The molecule has 0 saturated heterocycles. The van der Waals surface area contributed by atoms with Crippen LogP contribution in [0.15, 0.2) is 56.3 Å². The van der Waals surface area contributed by atoms with E-state index in [0.29, 0.717) is 14.5 Å². The molecule has 0 radical (unpaired) electrons. The number of hydrogen-bond donors (Lipinski definition) is 1. The van der Waals surface area contributed by atoms with Gasteiger partial charge in [-0.2, -0.15) is 8.78 Å². The lowest BCUT2D eigenvalue weighted by molar-refractivity contribution is -0.0498. The molecule has 0 spiro atoms. The SMILES string of the molecule is O=S(=O)(NCc1ccc(OC(F)F)cc1)c1cc(Br)ccc1Br. The van der Waals surface area contributed by atoms with Crippen molar-refractivity contribution in [3.05, 3.63) is 57.0 Å². The number of alkyl halides is 2. The third-order valence-electron chi connectivity index (χ3n) is 2.80. The molecule has 1 N–H and O–H groups in total. The molecule has 0 saturated carbocycles. The second kappa shape index (κ2) is 7.69. The standard InChI is InChI=1S/C14H11Br2F2NO3S/c15-10-3-6-12(16)13(7-10)23(20,21)19-8-9-1-4-11(5-2-9)22-14(17)18/h1-7,14,19H,8H2. The fourth-order valence-electron chi connectivity index (χ4n) is 1.73. The van der Waals surface area contributed by atoms with Gasteiger partial charge in [-0.05, 0) is 51.8 Å². The third kappa shape index (κ3) is 5.23. The molecule has 4 nitrogen and oxygen atoms in total. The number of sulfonamides is 1. The van der Waals surface area contributed by atoms with E-state index < -0.39 is 16.6 Å². The molecule has 0 unspecified atom stereocenters. The van der Waals surface area contributed by atoms with Crippen molar-refractivity contribution >= 4 is 41.9 Å². The van der Waals surface area contributed by atoms with Gasteiger partial charge < -0.3 is 4.74 Å². The smallest absolute Gasteiger partial charge is 0.387 e. The quantitative estimate of drug-likeness (QED) is 0.685. The fourth-order valence-corrected chi connectivity index (χ4v) is 4.25. The molecule has 9 heteroatoms. The summed E-state index contributed by atoms with van der Waals surface area (Å²) in [5, 5.41) is 0. The summed E-state index contributed by atoms with van der Waals surface area (Å²) >= 11 is 6.42. The first kappa shape index (κ1) is 18.3. The normalized spacial score (nSPS) is 11.7. The van der Waals surface area contributed by atoms with Crippen LogP contribution in [0.2, 0.25) is 0 Å². The highest BCUT2D eigenvalue weighted by Gasteiger charge is 2.17. The molecule has 0 amide bonds. The molecule has 0 heterocycles. The van der Waals surface area contributed by atoms with Gasteiger partial charge in [-0.1, -0.05) is 28.1 Å². The largest absolute Gasteiger partial charge is 0.435 e. The first-order valence-corrected chi connectivity index (χ1v) is 9.33. The Kier molecular flexibility index (Phi) is 6.12. The van der Waals surface area contributed by atoms with Gasteiger partial charge in [0.2, 0.25) is 10.0 Å². The average Bonchev–Trinajstić information content (AvgIpc) is 2.48. The lowest BCUT2D eigenvalue weighted by Gasteiger charge is -2.10. The Morgan fingerprint density at radius 2 is 1.74 bits per heavy atom. The number of nitrogens with one attached hydrogen (secondary N) is 1. The number of ether oxygens (including phenoxy) is 1. The van der Waals surface area contributed by atoms with E-state index in [1.54, 1.807) is 12.1 Å². The van der Waals surface area contributed by atoms with Crippen LogP contribution in [0.3, 0.4) is 0 Å². The Bertz CT molecular complexity index is 783. The Labute approximate surface area is 149 Å². The molecule has 0 aliphatic carbocycles. The van der Waals surface area contributed by atoms with Gasteiger partial charge in [-0.3, -0.25) is 0 Å². The van der Waals surface area contributed by atoms with Crippen molar-refractivity contribution in [1.29, 1.82) is 0 Å². The Hall–Kier alpha value is -1.03. The molecule has 23 heavy (non-hydrogen) atoms. The zero-order valence-corrected chi connectivity index (χ0v) is 15.5. The van der Waals surface area contributed by atoms with Crippen LogP contribution in [-0.2, 0) is 16.6 Å². The highest BCUT2D eigenvalue weighted by atomic mass is 79.9. The van der Waals surface area contributed by atoms with Crippen LogP contribution >= 0.6 is 31.9 Å². The molecule has 2 rings (SSSR count). The second-order valence-electron chi connectivity index (χ2n) is 4.42. The molecular formula is C14H11Br2F2NO3S. The summed E-state index contributed by atoms with van der Waals surface area (Å²) in [5.74, 6) is 0.0151. The summed E-state index contributed by atoms with van der Waals surface area (Å²) in [6.45, 7) is -2.87. The average molecular weight is 471 g/mol. The third-order valence-corrected chi connectivity index (χ3v) is 5.69. The van der Waals surface area contributed by atoms with E-state index in [1.807, 2.05) is 0 Å². The zero-order valence-electron chi connectivity index (χ0n) is 11.5. The predicted molar refractivity (Wildman–Crippen MR) is 88.9 cm³/mol. The predicted octanol–water partition coefficient (Wildman–Crippen LogP) is 4.29. The highest BCUT2D eigenvalue weighted by Crippen LogP contribution is 2.25. The van der Waals surface area contributed by atoms with E-state index in [2.05, 4.69) is 41.3 Å². The van der Waals surface area contributed by atoms with E-state index in [-0.39, 0.29) is 17.2 Å². The minimum absolute atomic E-state index is 0.0151. The van der Waals surface area contributed by atoms with Gasteiger partial charge in [0.1, 0.15) is 5.75 Å².